The normalized spacial score (nSPS) is 13.0. The van der Waals surface area contributed by atoms with Crippen molar-refractivity contribution in [1.82, 2.24) is 0 Å². The highest BCUT2D eigenvalue weighted by atomic mass is 19.1. The lowest BCUT2D eigenvalue weighted by atomic mass is 10.1. The van der Waals surface area contributed by atoms with E-state index in [0.29, 0.717) is 12.0 Å². The van der Waals surface area contributed by atoms with Gasteiger partial charge in [-0.2, -0.15) is 0 Å². The quantitative estimate of drug-likeness (QED) is 0.777. The van der Waals surface area contributed by atoms with Gasteiger partial charge < -0.3 is 5.32 Å². The SMILES string of the molecule is Cc1ccc(F)cc1N[C@H](C)C(C)C. The zero-order valence-electron chi connectivity index (χ0n) is 9.26. The molecule has 0 aromatic heterocycles. The van der Waals surface area contributed by atoms with Crippen molar-refractivity contribution >= 4 is 5.69 Å². The third kappa shape index (κ3) is 2.72. The van der Waals surface area contributed by atoms with Crippen LogP contribution in [0.2, 0.25) is 0 Å². The Bertz CT molecular complexity index is 307. The average molecular weight is 195 g/mol. The summed E-state index contributed by atoms with van der Waals surface area (Å²) in [6.07, 6.45) is 0. The Labute approximate surface area is 85.3 Å². The first-order chi connectivity index (χ1) is 6.50. The molecule has 14 heavy (non-hydrogen) atoms. The number of benzene rings is 1. The van der Waals surface area contributed by atoms with Crippen LogP contribution in [0.25, 0.3) is 0 Å². The molecule has 1 N–H and O–H groups in total. The minimum Gasteiger partial charge on any atom is -0.382 e. The van der Waals surface area contributed by atoms with Crippen molar-refractivity contribution in [3.8, 4) is 0 Å². The van der Waals surface area contributed by atoms with Crippen molar-refractivity contribution in [2.75, 3.05) is 5.32 Å². The van der Waals surface area contributed by atoms with Gasteiger partial charge in [-0.25, -0.2) is 4.39 Å². The molecule has 0 unspecified atom stereocenters. The Morgan fingerprint density at radius 3 is 2.43 bits per heavy atom. The molecule has 0 amide bonds. The summed E-state index contributed by atoms with van der Waals surface area (Å²) in [5.41, 5.74) is 1.98. The van der Waals surface area contributed by atoms with Crippen molar-refractivity contribution in [1.29, 1.82) is 0 Å². The van der Waals surface area contributed by atoms with E-state index in [1.54, 1.807) is 12.1 Å². The van der Waals surface area contributed by atoms with Crippen LogP contribution in [0.3, 0.4) is 0 Å². The lowest BCUT2D eigenvalue weighted by Crippen LogP contribution is -2.21. The Balaban J connectivity index is 2.80. The Kier molecular flexibility index (Phi) is 3.50. The molecule has 0 saturated carbocycles. The molecule has 0 heterocycles. The number of aryl methyl sites for hydroxylation is 1. The first kappa shape index (κ1) is 11.0. The fraction of sp³-hybridized carbons (Fsp3) is 0.500. The summed E-state index contributed by atoms with van der Waals surface area (Å²) in [6, 6.07) is 5.19. The minimum atomic E-state index is -0.186. The van der Waals surface area contributed by atoms with Gasteiger partial charge in [-0.15, -0.1) is 0 Å². The van der Waals surface area contributed by atoms with Crippen molar-refractivity contribution < 1.29 is 4.39 Å². The molecular weight excluding hydrogens is 177 g/mol. The van der Waals surface area contributed by atoms with Crippen LogP contribution < -0.4 is 5.32 Å². The summed E-state index contributed by atoms with van der Waals surface area (Å²) in [5.74, 6) is 0.353. The van der Waals surface area contributed by atoms with Gasteiger partial charge in [0.05, 0.1) is 0 Å². The van der Waals surface area contributed by atoms with Crippen molar-refractivity contribution in [2.24, 2.45) is 5.92 Å². The Morgan fingerprint density at radius 2 is 1.86 bits per heavy atom. The van der Waals surface area contributed by atoms with Crippen LogP contribution in [0.4, 0.5) is 10.1 Å². The molecule has 0 bridgehead atoms. The highest BCUT2D eigenvalue weighted by molar-refractivity contribution is 5.51. The molecule has 1 atom stereocenters. The monoisotopic (exact) mass is 195 g/mol. The van der Waals surface area contributed by atoms with E-state index in [-0.39, 0.29) is 5.82 Å². The third-order valence-corrected chi connectivity index (χ3v) is 2.58. The van der Waals surface area contributed by atoms with Gasteiger partial charge in [-0.05, 0) is 37.5 Å². The molecule has 0 fully saturated rings. The molecule has 0 aliphatic heterocycles. The van der Waals surface area contributed by atoms with Crippen molar-refractivity contribution in [3.05, 3.63) is 29.6 Å². The van der Waals surface area contributed by atoms with Crippen LogP contribution in [0, 0.1) is 18.7 Å². The topological polar surface area (TPSA) is 12.0 Å². The maximum atomic E-state index is 13.0. The number of hydrogen-bond acceptors (Lipinski definition) is 1. The van der Waals surface area contributed by atoms with E-state index in [1.807, 2.05) is 6.92 Å². The van der Waals surface area contributed by atoms with Gasteiger partial charge >= 0.3 is 0 Å². The fourth-order valence-electron chi connectivity index (χ4n) is 1.16. The first-order valence-electron chi connectivity index (χ1n) is 5.03. The second kappa shape index (κ2) is 4.45. The Hall–Kier alpha value is -1.05. The molecule has 78 valence electrons. The second-order valence-electron chi connectivity index (χ2n) is 4.14. The number of nitrogens with one attached hydrogen (secondary N) is 1. The summed E-state index contributed by atoms with van der Waals surface area (Å²) in [4.78, 5) is 0. The van der Waals surface area contributed by atoms with Gasteiger partial charge in [-0.3, -0.25) is 0 Å². The second-order valence-corrected chi connectivity index (χ2v) is 4.14. The molecular formula is C12H18FN. The lowest BCUT2D eigenvalue weighted by Gasteiger charge is -2.20. The van der Waals surface area contributed by atoms with Crippen LogP contribution in [0.5, 0.6) is 0 Å². The van der Waals surface area contributed by atoms with Crippen LogP contribution in [0.15, 0.2) is 18.2 Å². The summed E-state index contributed by atoms with van der Waals surface area (Å²) >= 11 is 0. The first-order valence-corrected chi connectivity index (χ1v) is 5.03. The molecule has 0 radical (unpaired) electrons. The van der Waals surface area contributed by atoms with E-state index in [1.165, 1.54) is 6.07 Å². The van der Waals surface area contributed by atoms with E-state index in [0.717, 1.165) is 11.3 Å². The van der Waals surface area contributed by atoms with Gasteiger partial charge in [0.2, 0.25) is 0 Å². The standard InChI is InChI=1S/C12H18FN/c1-8(2)10(4)14-12-7-11(13)6-5-9(12)3/h5-8,10,14H,1-4H3/t10-/m1/s1. The van der Waals surface area contributed by atoms with Gasteiger partial charge in [0.1, 0.15) is 5.82 Å². The summed E-state index contributed by atoms with van der Waals surface area (Å²) in [6.45, 7) is 8.38. The van der Waals surface area contributed by atoms with Crippen molar-refractivity contribution in [2.45, 2.75) is 33.7 Å². The maximum absolute atomic E-state index is 13.0. The minimum absolute atomic E-state index is 0.186. The van der Waals surface area contributed by atoms with Crippen LogP contribution in [-0.2, 0) is 0 Å². The molecule has 1 aromatic carbocycles. The maximum Gasteiger partial charge on any atom is 0.125 e. The number of halogens is 1. The van der Waals surface area contributed by atoms with Gasteiger partial charge in [0.25, 0.3) is 0 Å². The van der Waals surface area contributed by atoms with E-state index < -0.39 is 0 Å². The molecule has 2 heteroatoms. The van der Waals surface area contributed by atoms with Gasteiger partial charge in [-0.1, -0.05) is 19.9 Å². The van der Waals surface area contributed by atoms with Crippen LogP contribution >= 0.6 is 0 Å². The molecule has 1 aromatic rings. The van der Waals surface area contributed by atoms with E-state index in [2.05, 4.69) is 26.1 Å². The van der Waals surface area contributed by atoms with E-state index >= 15 is 0 Å². The summed E-state index contributed by atoms with van der Waals surface area (Å²) < 4.78 is 13.0. The fourth-order valence-corrected chi connectivity index (χ4v) is 1.16. The molecule has 0 saturated heterocycles. The highest BCUT2D eigenvalue weighted by Crippen LogP contribution is 2.18. The van der Waals surface area contributed by atoms with E-state index in [4.69, 9.17) is 0 Å². The molecule has 1 nitrogen and oxygen atoms in total. The largest absolute Gasteiger partial charge is 0.382 e. The predicted molar refractivity (Wildman–Crippen MR) is 59.1 cm³/mol. The van der Waals surface area contributed by atoms with Crippen molar-refractivity contribution in [3.63, 3.8) is 0 Å². The van der Waals surface area contributed by atoms with Crippen LogP contribution in [0.1, 0.15) is 26.3 Å². The smallest absolute Gasteiger partial charge is 0.125 e. The molecule has 1 rings (SSSR count). The number of hydrogen-bond donors (Lipinski definition) is 1. The number of anilines is 1. The highest BCUT2D eigenvalue weighted by Gasteiger charge is 2.08. The molecule has 0 spiro atoms. The van der Waals surface area contributed by atoms with Crippen LogP contribution in [-0.4, -0.2) is 6.04 Å². The number of rotatable bonds is 3. The predicted octanol–water partition coefficient (Wildman–Crippen LogP) is 3.59. The molecule has 0 aliphatic rings. The lowest BCUT2D eigenvalue weighted by molar-refractivity contribution is 0.558. The summed E-state index contributed by atoms with van der Waals surface area (Å²) in [5, 5.41) is 3.31. The summed E-state index contributed by atoms with van der Waals surface area (Å²) in [7, 11) is 0. The van der Waals surface area contributed by atoms with Gasteiger partial charge in [0, 0.05) is 11.7 Å². The van der Waals surface area contributed by atoms with E-state index in [9.17, 15) is 4.39 Å². The average Bonchev–Trinajstić information content (AvgIpc) is 2.11. The zero-order valence-corrected chi connectivity index (χ0v) is 9.26. The zero-order chi connectivity index (χ0) is 10.7. The molecule has 0 aliphatic carbocycles. The third-order valence-electron chi connectivity index (χ3n) is 2.58. The van der Waals surface area contributed by atoms with Gasteiger partial charge in [0.15, 0.2) is 0 Å². The Morgan fingerprint density at radius 1 is 1.21 bits per heavy atom.